The molecule has 5 nitrogen and oxygen atoms in total. The summed E-state index contributed by atoms with van der Waals surface area (Å²) in [6, 6.07) is 2.42. The van der Waals surface area contributed by atoms with Crippen LogP contribution in [0.1, 0.15) is 59.7 Å². The zero-order valence-electron chi connectivity index (χ0n) is 13.9. The van der Waals surface area contributed by atoms with Gasteiger partial charge in [-0.1, -0.05) is 0 Å². The highest BCUT2D eigenvalue weighted by Crippen LogP contribution is 2.43. The molecule has 0 aromatic carbocycles. The minimum Gasteiger partial charge on any atom is -0.368 e. The van der Waals surface area contributed by atoms with Crippen molar-refractivity contribution in [3.63, 3.8) is 0 Å². The highest BCUT2D eigenvalue weighted by Gasteiger charge is 2.37. The number of hydrogen-bond acceptors (Lipinski definition) is 4. The van der Waals surface area contributed by atoms with Crippen LogP contribution in [0.4, 0.5) is 0 Å². The van der Waals surface area contributed by atoms with Crippen molar-refractivity contribution in [2.75, 3.05) is 19.6 Å². The molecule has 0 unspecified atom stereocenters. The summed E-state index contributed by atoms with van der Waals surface area (Å²) in [5, 5.41) is 2.05. The quantitative estimate of drug-likeness (QED) is 0.908. The second-order valence-electron chi connectivity index (χ2n) is 7.30. The summed E-state index contributed by atoms with van der Waals surface area (Å²) in [5.41, 5.74) is 6.81. The van der Waals surface area contributed by atoms with Gasteiger partial charge in [-0.3, -0.25) is 14.5 Å². The molecule has 3 heterocycles. The van der Waals surface area contributed by atoms with E-state index in [-0.39, 0.29) is 17.9 Å². The molecule has 6 heteroatoms. The van der Waals surface area contributed by atoms with Crippen molar-refractivity contribution in [3.05, 3.63) is 21.9 Å². The van der Waals surface area contributed by atoms with Gasteiger partial charge < -0.3 is 10.6 Å². The van der Waals surface area contributed by atoms with Gasteiger partial charge in [0.15, 0.2) is 0 Å². The molecule has 1 saturated carbocycles. The lowest BCUT2D eigenvalue weighted by Crippen LogP contribution is -2.51. The lowest BCUT2D eigenvalue weighted by Gasteiger charge is -2.38. The van der Waals surface area contributed by atoms with E-state index in [0.717, 1.165) is 50.2 Å². The molecule has 24 heavy (non-hydrogen) atoms. The number of thiophene rings is 1. The number of carbonyl (C=O) groups is 2. The summed E-state index contributed by atoms with van der Waals surface area (Å²) in [6.45, 7) is 2.53. The van der Waals surface area contributed by atoms with Crippen molar-refractivity contribution >= 4 is 23.2 Å². The van der Waals surface area contributed by atoms with Crippen LogP contribution in [0.2, 0.25) is 0 Å². The monoisotopic (exact) mass is 347 g/mol. The van der Waals surface area contributed by atoms with Crippen molar-refractivity contribution in [2.45, 2.75) is 56.5 Å². The molecular weight excluding hydrogens is 322 g/mol. The first-order valence-corrected chi connectivity index (χ1v) is 9.95. The lowest BCUT2D eigenvalue weighted by atomic mass is 10.0. The van der Waals surface area contributed by atoms with Gasteiger partial charge in [-0.15, -0.1) is 11.3 Å². The predicted octanol–water partition coefficient (Wildman–Crippen LogP) is 2.18. The van der Waals surface area contributed by atoms with E-state index in [1.165, 1.54) is 18.4 Å². The highest BCUT2D eigenvalue weighted by atomic mass is 32.1. The number of carbonyl (C=O) groups excluding carboxylic acids is 2. The molecule has 2 N–H and O–H groups in total. The SMILES string of the molecule is NC(=O)[C@H]1CCCN1C1CCN(C(=O)c2sccc2C2CC2)CC1. The number of rotatable bonds is 4. The first-order valence-electron chi connectivity index (χ1n) is 9.07. The molecule has 1 aliphatic carbocycles. The molecule has 0 spiro atoms. The van der Waals surface area contributed by atoms with Gasteiger partial charge in [0, 0.05) is 19.1 Å². The van der Waals surface area contributed by atoms with Gasteiger partial charge in [-0.05, 0) is 68.0 Å². The lowest BCUT2D eigenvalue weighted by molar-refractivity contribution is -0.123. The zero-order valence-corrected chi connectivity index (χ0v) is 14.8. The molecule has 4 rings (SSSR count). The first kappa shape index (κ1) is 16.1. The van der Waals surface area contributed by atoms with Crippen LogP contribution < -0.4 is 5.73 Å². The maximum Gasteiger partial charge on any atom is 0.264 e. The Balaban J connectivity index is 1.38. The molecule has 0 bridgehead atoms. The normalized spacial score (nSPS) is 26.0. The molecule has 1 aromatic heterocycles. The van der Waals surface area contributed by atoms with Gasteiger partial charge >= 0.3 is 0 Å². The van der Waals surface area contributed by atoms with E-state index in [0.29, 0.717) is 12.0 Å². The van der Waals surface area contributed by atoms with Crippen molar-refractivity contribution in [2.24, 2.45) is 5.73 Å². The third-order valence-corrected chi connectivity index (χ3v) is 6.67. The second-order valence-corrected chi connectivity index (χ2v) is 8.22. The number of nitrogens with zero attached hydrogens (tertiary/aromatic N) is 2. The maximum atomic E-state index is 12.9. The van der Waals surface area contributed by atoms with Crippen LogP contribution >= 0.6 is 11.3 Å². The van der Waals surface area contributed by atoms with Crippen LogP contribution in [0, 0.1) is 0 Å². The molecule has 1 aromatic rings. The van der Waals surface area contributed by atoms with E-state index in [4.69, 9.17) is 5.73 Å². The molecule has 1 atom stereocenters. The van der Waals surface area contributed by atoms with Crippen LogP contribution in [-0.4, -0.2) is 53.3 Å². The van der Waals surface area contributed by atoms with Gasteiger partial charge in [0.05, 0.1) is 10.9 Å². The van der Waals surface area contributed by atoms with Crippen molar-refractivity contribution in [1.82, 2.24) is 9.80 Å². The molecule has 3 fully saturated rings. The van der Waals surface area contributed by atoms with Crippen molar-refractivity contribution < 1.29 is 9.59 Å². The molecule has 0 radical (unpaired) electrons. The Kier molecular flexibility index (Phi) is 4.35. The summed E-state index contributed by atoms with van der Waals surface area (Å²) in [5.74, 6) is 0.630. The number of nitrogens with two attached hydrogens (primary N) is 1. The summed E-state index contributed by atoms with van der Waals surface area (Å²) in [6.07, 6.45) is 6.27. The molecular formula is C18H25N3O2S. The van der Waals surface area contributed by atoms with Crippen LogP contribution in [0.3, 0.4) is 0 Å². The first-order chi connectivity index (χ1) is 11.6. The Morgan fingerprint density at radius 2 is 1.83 bits per heavy atom. The smallest absolute Gasteiger partial charge is 0.264 e. The largest absolute Gasteiger partial charge is 0.368 e. The summed E-state index contributed by atoms with van der Waals surface area (Å²) in [4.78, 5) is 29.7. The van der Waals surface area contributed by atoms with Gasteiger partial charge in [0.2, 0.25) is 5.91 Å². The maximum absolute atomic E-state index is 12.9. The average Bonchev–Trinajstić information content (AvgIpc) is 3.13. The topological polar surface area (TPSA) is 66.6 Å². The van der Waals surface area contributed by atoms with Gasteiger partial charge in [0.1, 0.15) is 0 Å². The third kappa shape index (κ3) is 2.97. The Bertz CT molecular complexity index is 632. The highest BCUT2D eigenvalue weighted by molar-refractivity contribution is 7.12. The van der Waals surface area contributed by atoms with Crippen LogP contribution in [0.25, 0.3) is 0 Å². The standard InChI is InChI=1S/C18H25N3O2S/c19-17(22)15-2-1-8-21(15)13-5-9-20(10-6-13)18(23)16-14(7-11-24-16)12-3-4-12/h7,11-13,15H,1-6,8-10H2,(H2,19,22)/t15-/m1/s1. The Labute approximate surface area is 146 Å². The Morgan fingerprint density at radius 3 is 2.50 bits per heavy atom. The summed E-state index contributed by atoms with van der Waals surface area (Å²) < 4.78 is 0. The minimum atomic E-state index is -0.196. The zero-order chi connectivity index (χ0) is 16.7. The Morgan fingerprint density at radius 1 is 1.08 bits per heavy atom. The van der Waals surface area contributed by atoms with Crippen molar-refractivity contribution in [3.8, 4) is 0 Å². The van der Waals surface area contributed by atoms with E-state index in [2.05, 4.69) is 16.3 Å². The van der Waals surface area contributed by atoms with E-state index >= 15 is 0 Å². The summed E-state index contributed by atoms with van der Waals surface area (Å²) >= 11 is 1.59. The second kappa shape index (κ2) is 6.48. The fourth-order valence-corrected chi connectivity index (χ4v) is 5.24. The van der Waals surface area contributed by atoms with Crippen LogP contribution in [0.15, 0.2) is 11.4 Å². The molecule has 2 saturated heterocycles. The fraction of sp³-hybridized carbons (Fsp3) is 0.667. The number of amides is 2. The molecule has 2 aliphatic heterocycles. The molecule has 130 valence electrons. The van der Waals surface area contributed by atoms with E-state index < -0.39 is 0 Å². The van der Waals surface area contributed by atoms with Crippen LogP contribution in [-0.2, 0) is 4.79 Å². The van der Waals surface area contributed by atoms with Gasteiger partial charge in [-0.25, -0.2) is 0 Å². The summed E-state index contributed by atoms with van der Waals surface area (Å²) in [7, 11) is 0. The number of hydrogen-bond donors (Lipinski definition) is 1. The number of likely N-dealkylation sites (tertiary alicyclic amines) is 2. The number of piperidine rings is 1. The van der Waals surface area contributed by atoms with Gasteiger partial charge in [-0.2, -0.15) is 0 Å². The van der Waals surface area contributed by atoms with Crippen molar-refractivity contribution in [1.29, 1.82) is 0 Å². The number of primary amides is 1. The van der Waals surface area contributed by atoms with Crippen LogP contribution in [0.5, 0.6) is 0 Å². The average molecular weight is 347 g/mol. The fourth-order valence-electron chi connectivity index (χ4n) is 4.28. The predicted molar refractivity (Wildman–Crippen MR) is 94.1 cm³/mol. The minimum absolute atomic E-state index is 0.101. The Hall–Kier alpha value is -1.40. The van der Waals surface area contributed by atoms with E-state index in [1.807, 2.05) is 4.90 Å². The molecule has 3 aliphatic rings. The van der Waals surface area contributed by atoms with E-state index in [9.17, 15) is 9.59 Å². The molecule has 2 amide bonds. The third-order valence-electron chi connectivity index (χ3n) is 5.75. The van der Waals surface area contributed by atoms with Gasteiger partial charge in [0.25, 0.3) is 5.91 Å². The van der Waals surface area contributed by atoms with E-state index in [1.54, 1.807) is 11.3 Å².